The van der Waals surface area contributed by atoms with E-state index in [1.54, 1.807) is 29.2 Å². The van der Waals surface area contributed by atoms with E-state index in [-0.39, 0.29) is 30.3 Å². The van der Waals surface area contributed by atoms with E-state index in [9.17, 15) is 24.6 Å². The van der Waals surface area contributed by atoms with Gasteiger partial charge in [0.1, 0.15) is 5.75 Å². The number of nitrogens with zero attached hydrogens (tertiary/aromatic N) is 1. The molecule has 7 heteroatoms. The minimum atomic E-state index is -0.935. The molecule has 0 saturated carbocycles. The third-order valence-electron chi connectivity index (χ3n) is 6.90. The molecule has 4 N–H and O–H groups in total. The summed E-state index contributed by atoms with van der Waals surface area (Å²) in [7, 11) is 0. The molecule has 1 aliphatic heterocycles. The number of aryl methyl sites for hydroxylation is 3. The Labute approximate surface area is 206 Å². The van der Waals surface area contributed by atoms with Crippen LogP contribution in [-0.2, 0) is 33.8 Å². The minimum Gasteiger partial charge on any atom is -0.508 e. The Bertz CT molecular complexity index is 1030. The first kappa shape index (κ1) is 26.4. The second kappa shape index (κ2) is 12.5. The Balaban J connectivity index is 1.66. The molecular weight excluding hydrogens is 444 g/mol. The highest BCUT2D eigenvalue weighted by Crippen LogP contribution is 2.27. The highest BCUT2D eigenvalue weighted by molar-refractivity contribution is 5.90. The number of carbonyl (C=O) groups excluding carboxylic acids is 2. The zero-order valence-electron chi connectivity index (χ0n) is 20.4. The van der Waals surface area contributed by atoms with Crippen LogP contribution in [0.1, 0.15) is 60.8 Å². The Morgan fingerprint density at radius 2 is 1.77 bits per heavy atom. The molecule has 188 valence electrons. The first-order valence-corrected chi connectivity index (χ1v) is 12.4. The number of aliphatic carboxylic acids is 1. The SMILES string of the molecule is Cc1ccc(CN)c(CCC(=O)[C@@H]2CCCN2C(=O)[C@H](CCC(=O)O)CCc2ccc(O)cc2)c1. The number of ketones is 1. The molecule has 0 aliphatic carbocycles. The van der Waals surface area contributed by atoms with Gasteiger partial charge in [0.25, 0.3) is 0 Å². The van der Waals surface area contributed by atoms with Crippen LogP contribution in [0.5, 0.6) is 5.75 Å². The van der Waals surface area contributed by atoms with Gasteiger partial charge in [-0.05, 0) is 74.3 Å². The van der Waals surface area contributed by atoms with Crippen molar-refractivity contribution >= 4 is 17.7 Å². The van der Waals surface area contributed by atoms with Gasteiger partial charge in [-0.15, -0.1) is 0 Å². The maximum absolute atomic E-state index is 13.5. The molecule has 2 aromatic carbocycles. The monoisotopic (exact) mass is 480 g/mol. The van der Waals surface area contributed by atoms with Gasteiger partial charge in [-0.3, -0.25) is 14.4 Å². The van der Waals surface area contributed by atoms with E-state index in [4.69, 9.17) is 5.73 Å². The lowest BCUT2D eigenvalue weighted by atomic mass is 9.92. The number of benzene rings is 2. The van der Waals surface area contributed by atoms with Crippen molar-refractivity contribution in [2.45, 2.75) is 70.9 Å². The minimum absolute atomic E-state index is 0.0517. The number of hydrogen-bond donors (Lipinski definition) is 3. The number of rotatable bonds is 12. The Kier molecular flexibility index (Phi) is 9.43. The second-order valence-electron chi connectivity index (χ2n) is 9.47. The van der Waals surface area contributed by atoms with E-state index in [2.05, 4.69) is 6.07 Å². The summed E-state index contributed by atoms with van der Waals surface area (Å²) in [6, 6.07) is 12.4. The largest absolute Gasteiger partial charge is 0.508 e. The Morgan fingerprint density at radius 3 is 2.46 bits per heavy atom. The fraction of sp³-hybridized carbons (Fsp3) is 0.464. The van der Waals surface area contributed by atoms with Crippen molar-refractivity contribution in [3.05, 3.63) is 64.7 Å². The summed E-state index contributed by atoms with van der Waals surface area (Å²) in [6.07, 6.45) is 3.60. The molecule has 0 radical (unpaired) electrons. The van der Waals surface area contributed by atoms with Crippen molar-refractivity contribution in [3.63, 3.8) is 0 Å². The van der Waals surface area contributed by atoms with E-state index in [1.807, 2.05) is 19.1 Å². The van der Waals surface area contributed by atoms with Crippen LogP contribution in [-0.4, -0.2) is 45.4 Å². The zero-order chi connectivity index (χ0) is 25.4. The third-order valence-corrected chi connectivity index (χ3v) is 6.90. The lowest BCUT2D eigenvalue weighted by Gasteiger charge is -2.28. The van der Waals surface area contributed by atoms with Gasteiger partial charge in [-0.25, -0.2) is 0 Å². The molecule has 0 bridgehead atoms. The smallest absolute Gasteiger partial charge is 0.303 e. The van der Waals surface area contributed by atoms with Crippen LogP contribution in [0.25, 0.3) is 0 Å². The van der Waals surface area contributed by atoms with Crippen LogP contribution in [0.15, 0.2) is 42.5 Å². The quantitative estimate of drug-likeness (QED) is 0.425. The van der Waals surface area contributed by atoms with Crippen molar-refractivity contribution in [3.8, 4) is 5.75 Å². The van der Waals surface area contributed by atoms with E-state index < -0.39 is 17.9 Å². The first-order chi connectivity index (χ1) is 16.8. The number of likely N-dealkylation sites (tertiary alicyclic amines) is 1. The number of phenols is 1. The van der Waals surface area contributed by atoms with Crippen molar-refractivity contribution in [2.24, 2.45) is 11.7 Å². The molecule has 2 atom stereocenters. The summed E-state index contributed by atoms with van der Waals surface area (Å²) in [4.78, 5) is 39.6. The highest BCUT2D eigenvalue weighted by atomic mass is 16.4. The predicted octanol–water partition coefficient (Wildman–Crippen LogP) is 3.77. The van der Waals surface area contributed by atoms with Gasteiger partial charge in [0, 0.05) is 31.8 Å². The molecule has 1 aliphatic rings. The fourth-order valence-electron chi connectivity index (χ4n) is 4.90. The molecular formula is C28H36N2O5. The summed E-state index contributed by atoms with van der Waals surface area (Å²) in [5.74, 6) is -1.30. The molecule has 0 spiro atoms. The Hall–Kier alpha value is -3.19. The highest BCUT2D eigenvalue weighted by Gasteiger charge is 2.36. The molecule has 35 heavy (non-hydrogen) atoms. The topological polar surface area (TPSA) is 121 Å². The molecule has 1 fully saturated rings. The van der Waals surface area contributed by atoms with Gasteiger partial charge in [-0.2, -0.15) is 0 Å². The molecule has 0 aromatic heterocycles. The van der Waals surface area contributed by atoms with Crippen molar-refractivity contribution in [2.75, 3.05) is 6.54 Å². The lowest BCUT2D eigenvalue weighted by Crippen LogP contribution is -2.44. The van der Waals surface area contributed by atoms with Gasteiger partial charge in [-0.1, -0.05) is 35.9 Å². The van der Waals surface area contributed by atoms with E-state index in [0.29, 0.717) is 45.2 Å². The molecule has 1 heterocycles. The maximum atomic E-state index is 13.5. The standard InChI is InChI=1S/C28H36N2O5/c1-19-4-8-23(18-29)22(17-19)10-14-26(32)25-3-2-16-30(25)28(35)21(11-15-27(33)34)9-5-20-6-12-24(31)13-7-20/h4,6-8,12-13,17,21,25,31H,2-3,5,9-11,14-16,18,29H2,1H3,(H,33,34)/t21-,25-/m0/s1. The first-order valence-electron chi connectivity index (χ1n) is 12.4. The number of carboxylic acids is 1. The van der Waals surface area contributed by atoms with E-state index >= 15 is 0 Å². The van der Waals surface area contributed by atoms with E-state index in [0.717, 1.165) is 28.7 Å². The predicted molar refractivity (Wildman–Crippen MR) is 134 cm³/mol. The van der Waals surface area contributed by atoms with Gasteiger partial charge < -0.3 is 20.8 Å². The summed E-state index contributed by atoms with van der Waals surface area (Å²) >= 11 is 0. The zero-order valence-corrected chi connectivity index (χ0v) is 20.4. The third kappa shape index (κ3) is 7.39. The second-order valence-corrected chi connectivity index (χ2v) is 9.47. The fourth-order valence-corrected chi connectivity index (χ4v) is 4.90. The van der Waals surface area contributed by atoms with Gasteiger partial charge in [0.05, 0.1) is 6.04 Å². The van der Waals surface area contributed by atoms with E-state index in [1.165, 1.54) is 0 Å². The number of Topliss-reactive ketones (excluding diaryl/α,β-unsaturated/α-hetero) is 1. The molecule has 7 nitrogen and oxygen atoms in total. The number of aromatic hydroxyl groups is 1. The molecule has 3 rings (SSSR count). The van der Waals surface area contributed by atoms with Crippen molar-refractivity contribution < 1.29 is 24.6 Å². The Morgan fingerprint density at radius 1 is 1.03 bits per heavy atom. The lowest BCUT2D eigenvalue weighted by molar-refractivity contribution is -0.142. The van der Waals surface area contributed by atoms with Crippen LogP contribution < -0.4 is 5.73 Å². The molecule has 0 unspecified atom stereocenters. The van der Waals surface area contributed by atoms with Crippen LogP contribution in [0.2, 0.25) is 0 Å². The number of hydrogen-bond acceptors (Lipinski definition) is 5. The summed E-state index contributed by atoms with van der Waals surface area (Å²) < 4.78 is 0. The number of amides is 1. The van der Waals surface area contributed by atoms with Crippen LogP contribution in [0.4, 0.5) is 0 Å². The summed E-state index contributed by atoms with van der Waals surface area (Å²) in [5, 5.41) is 18.7. The average Bonchev–Trinajstić information content (AvgIpc) is 3.33. The van der Waals surface area contributed by atoms with Gasteiger partial charge in [0.15, 0.2) is 5.78 Å². The van der Waals surface area contributed by atoms with Crippen molar-refractivity contribution in [1.82, 2.24) is 4.90 Å². The summed E-state index contributed by atoms with van der Waals surface area (Å²) in [5.41, 5.74) is 10.1. The van der Waals surface area contributed by atoms with Gasteiger partial charge in [0.2, 0.25) is 5.91 Å². The number of carbonyl (C=O) groups is 3. The average molecular weight is 481 g/mol. The van der Waals surface area contributed by atoms with Crippen molar-refractivity contribution in [1.29, 1.82) is 0 Å². The van der Waals surface area contributed by atoms with Gasteiger partial charge >= 0.3 is 5.97 Å². The van der Waals surface area contributed by atoms with Crippen LogP contribution in [0.3, 0.4) is 0 Å². The molecule has 1 saturated heterocycles. The van der Waals surface area contributed by atoms with Crippen LogP contribution in [0, 0.1) is 12.8 Å². The normalized spacial score (nSPS) is 16.3. The summed E-state index contributed by atoms with van der Waals surface area (Å²) in [6.45, 7) is 2.96. The maximum Gasteiger partial charge on any atom is 0.303 e. The van der Waals surface area contributed by atoms with Crippen LogP contribution >= 0.6 is 0 Å². The number of phenolic OH excluding ortho intramolecular Hbond substituents is 1. The number of nitrogens with two attached hydrogens (primary N) is 1. The molecule has 1 amide bonds. The molecule has 2 aromatic rings. The number of carboxylic acid groups (broad SMARTS) is 1.